The van der Waals surface area contributed by atoms with Crippen molar-refractivity contribution in [2.75, 3.05) is 19.6 Å². The molecule has 1 N–H and O–H groups in total. The number of nitrogens with one attached hydrogen (secondary N) is 1. The zero-order valence-corrected chi connectivity index (χ0v) is 16.3. The van der Waals surface area contributed by atoms with Gasteiger partial charge >= 0.3 is 0 Å². The largest absolute Gasteiger partial charge is 0.489 e. The molecule has 0 saturated carbocycles. The number of fused-ring (bicyclic) bond motifs is 3. The summed E-state index contributed by atoms with van der Waals surface area (Å²) in [4.78, 5) is 2.58. The summed E-state index contributed by atoms with van der Waals surface area (Å²) in [5.41, 5.74) is 2.19. The van der Waals surface area contributed by atoms with Gasteiger partial charge in [0.15, 0.2) is 0 Å². The van der Waals surface area contributed by atoms with Crippen LogP contribution >= 0.6 is 23.2 Å². The number of hydrogen-bond acceptors (Lipinski definition) is 3. The summed E-state index contributed by atoms with van der Waals surface area (Å²) in [6, 6.07) is 14.4. The van der Waals surface area contributed by atoms with Crippen molar-refractivity contribution in [3.05, 3.63) is 63.6 Å². The Kier molecular flexibility index (Phi) is 5.70. The van der Waals surface area contributed by atoms with Crippen molar-refractivity contribution in [1.29, 1.82) is 0 Å². The van der Waals surface area contributed by atoms with Crippen LogP contribution in [-0.4, -0.2) is 30.6 Å². The van der Waals surface area contributed by atoms with E-state index in [1.807, 2.05) is 24.3 Å². The van der Waals surface area contributed by atoms with E-state index in [1.54, 1.807) is 6.07 Å². The Morgan fingerprint density at radius 2 is 1.92 bits per heavy atom. The van der Waals surface area contributed by atoms with E-state index < -0.39 is 0 Å². The number of ether oxygens (including phenoxy) is 1. The highest BCUT2D eigenvalue weighted by atomic mass is 35.5. The van der Waals surface area contributed by atoms with Crippen LogP contribution < -0.4 is 10.1 Å². The molecular weight excluding hydrogens is 367 g/mol. The van der Waals surface area contributed by atoms with Gasteiger partial charge in [-0.05, 0) is 61.7 Å². The van der Waals surface area contributed by atoms with Crippen LogP contribution in [0.2, 0.25) is 10.0 Å². The van der Waals surface area contributed by atoms with Crippen molar-refractivity contribution in [2.45, 2.75) is 32.0 Å². The standard InChI is InChI=1S/C21H24Cl2N2O/c22-18-5-4-17(20(23)11-18)14-26-19-3-1-2-15(10-19)12-24-21-13-25-8-6-16(21)7-9-25/h1-5,10-11,16,21,24H,6-9,12-14H2/t21-/m1/s1. The van der Waals surface area contributed by atoms with Gasteiger partial charge in [-0.2, -0.15) is 0 Å². The topological polar surface area (TPSA) is 24.5 Å². The summed E-state index contributed by atoms with van der Waals surface area (Å²) in [7, 11) is 0. The number of hydrogen-bond donors (Lipinski definition) is 1. The molecule has 3 aliphatic rings. The van der Waals surface area contributed by atoms with Crippen molar-refractivity contribution in [3.8, 4) is 5.75 Å². The SMILES string of the molecule is Clc1ccc(COc2cccc(CN[C@@H]3CN4CCC3CC4)c2)c(Cl)c1. The maximum atomic E-state index is 6.22. The lowest BCUT2D eigenvalue weighted by molar-refractivity contribution is 0.0720. The number of benzene rings is 2. The molecule has 3 saturated heterocycles. The van der Waals surface area contributed by atoms with Gasteiger partial charge in [0.25, 0.3) is 0 Å². The second kappa shape index (κ2) is 8.18. The van der Waals surface area contributed by atoms with Crippen molar-refractivity contribution >= 4 is 23.2 Å². The Balaban J connectivity index is 1.33. The van der Waals surface area contributed by atoms with Crippen LogP contribution in [0, 0.1) is 5.92 Å². The maximum Gasteiger partial charge on any atom is 0.120 e. The van der Waals surface area contributed by atoms with E-state index in [4.69, 9.17) is 27.9 Å². The monoisotopic (exact) mass is 390 g/mol. The van der Waals surface area contributed by atoms with E-state index in [-0.39, 0.29) is 0 Å². The molecule has 0 aromatic heterocycles. The molecule has 0 radical (unpaired) electrons. The molecule has 3 heterocycles. The number of nitrogens with zero attached hydrogens (tertiary/aromatic N) is 1. The summed E-state index contributed by atoms with van der Waals surface area (Å²) in [5.74, 6) is 1.70. The summed E-state index contributed by atoms with van der Waals surface area (Å²) in [6.07, 6.45) is 2.67. The average molecular weight is 391 g/mol. The quantitative estimate of drug-likeness (QED) is 0.769. The Morgan fingerprint density at radius 1 is 1.08 bits per heavy atom. The van der Waals surface area contributed by atoms with Crippen molar-refractivity contribution < 1.29 is 4.74 Å². The van der Waals surface area contributed by atoms with Gasteiger partial charge in [0.1, 0.15) is 12.4 Å². The van der Waals surface area contributed by atoms with Gasteiger partial charge in [0.05, 0.1) is 0 Å². The van der Waals surface area contributed by atoms with E-state index in [0.717, 1.165) is 23.8 Å². The normalized spacial score (nSPS) is 24.6. The van der Waals surface area contributed by atoms with Gasteiger partial charge in [-0.1, -0.05) is 41.4 Å². The molecule has 2 aromatic carbocycles. The highest BCUT2D eigenvalue weighted by molar-refractivity contribution is 6.35. The molecule has 138 valence electrons. The molecule has 0 amide bonds. The van der Waals surface area contributed by atoms with Gasteiger partial charge in [0, 0.05) is 34.7 Å². The molecule has 26 heavy (non-hydrogen) atoms. The van der Waals surface area contributed by atoms with Gasteiger partial charge in [-0.3, -0.25) is 0 Å². The fourth-order valence-electron chi connectivity index (χ4n) is 3.99. The Morgan fingerprint density at radius 3 is 2.65 bits per heavy atom. The van der Waals surface area contributed by atoms with Gasteiger partial charge < -0.3 is 15.0 Å². The van der Waals surface area contributed by atoms with Crippen LogP contribution in [0.3, 0.4) is 0 Å². The van der Waals surface area contributed by atoms with Crippen molar-refractivity contribution in [1.82, 2.24) is 10.2 Å². The van der Waals surface area contributed by atoms with Crippen LogP contribution in [-0.2, 0) is 13.2 Å². The second-order valence-electron chi connectivity index (χ2n) is 7.30. The molecule has 0 spiro atoms. The Bertz CT molecular complexity index is 759. The van der Waals surface area contributed by atoms with Crippen LogP contribution in [0.15, 0.2) is 42.5 Å². The van der Waals surface area contributed by atoms with Crippen LogP contribution in [0.1, 0.15) is 24.0 Å². The predicted octanol–water partition coefficient (Wildman–Crippen LogP) is 4.76. The highest BCUT2D eigenvalue weighted by Crippen LogP contribution is 2.28. The van der Waals surface area contributed by atoms with E-state index >= 15 is 0 Å². The lowest BCUT2D eigenvalue weighted by atomic mass is 9.84. The van der Waals surface area contributed by atoms with Crippen LogP contribution in [0.5, 0.6) is 5.75 Å². The molecule has 3 fully saturated rings. The highest BCUT2D eigenvalue weighted by Gasteiger charge is 2.33. The first kappa shape index (κ1) is 18.1. The third kappa shape index (κ3) is 4.34. The molecule has 5 rings (SSSR count). The van der Waals surface area contributed by atoms with Gasteiger partial charge in [0.2, 0.25) is 0 Å². The second-order valence-corrected chi connectivity index (χ2v) is 8.14. The molecule has 5 heteroatoms. The Labute approximate surface area is 165 Å². The van der Waals surface area contributed by atoms with E-state index in [2.05, 4.69) is 22.3 Å². The fraction of sp³-hybridized carbons (Fsp3) is 0.429. The van der Waals surface area contributed by atoms with E-state index in [1.165, 1.54) is 38.0 Å². The van der Waals surface area contributed by atoms with E-state index in [9.17, 15) is 0 Å². The number of piperidine rings is 3. The first-order chi connectivity index (χ1) is 12.7. The number of rotatable bonds is 6. The molecule has 1 atom stereocenters. The van der Waals surface area contributed by atoms with E-state index in [0.29, 0.717) is 22.7 Å². The minimum Gasteiger partial charge on any atom is -0.489 e. The summed E-state index contributed by atoms with van der Waals surface area (Å²) < 4.78 is 5.93. The minimum atomic E-state index is 0.437. The van der Waals surface area contributed by atoms with Crippen LogP contribution in [0.25, 0.3) is 0 Å². The lowest BCUT2D eigenvalue weighted by Gasteiger charge is -2.45. The minimum absolute atomic E-state index is 0.437. The zero-order valence-electron chi connectivity index (χ0n) is 14.8. The molecule has 2 aromatic rings. The van der Waals surface area contributed by atoms with Gasteiger partial charge in [-0.25, -0.2) is 0 Å². The zero-order chi connectivity index (χ0) is 17.9. The first-order valence-corrected chi connectivity index (χ1v) is 10.0. The Hall–Kier alpha value is -1.26. The van der Waals surface area contributed by atoms with Crippen LogP contribution in [0.4, 0.5) is 0 Å². The lowest BCUT2D eigenvalue weighted by Crippen LogP contribution is -2.55. The molecule has 3 nitrogen and oxygen atoms in total. The fourth-order valence-corrected chi connectivity index (χ4v) is 4.45. The summed E-state index contributed by atoms with van der Waals surface area (Å²) in [6.45, 7) is 5.06. The maximum absolute atomic E-state index is 6.22. The first-order valence-electron chi connectivity index (χ1n) is 9.29. The summed E-state index contributed by atoms with van der Waals surface area (Å²) >= 11 is 12.2. The smallest absolute Gasteiger partial charge is 0.120 e. The molecule has 0 aliphatic carbocycles. The number of halogens is 2. The van der Waals surface area contributed by atoms with Crippen molar-refractivity contribution in [3.63, 3.8) is 0 Å². The van der Waals surface area contributed by atoms with Gasteiger partial charge in [-0.15, -0.1) is 0 Å². The molecule has 2 bridgehead atoms. The predicted molar refractivity (Wildman–Crippen MR) is 107 cm³/mol. The average Bonchev–Trinajstić information content (AvgIpc) is 2.67. The third-order valence-corrected chi connectivity index (χ3v) is 6.12. The molecular formula is C21H24Cl2N2O. The molecule has 3 aliphatic heterocycles. The molecule has 0 unspecified atom stereocenters. The third-order valence-electron chi connectivity index (χ3n) is 5.53. The van der Waals surface area contributed by atoms with Crippen molar-refractivity contribution in [2.24, 2.45) is 5.92 Å². The summed E-state index contributed by atoms with van der Waals surface area (Å²) in [5, 5.41) is 5.03.